The molecule has 1 amide bonds. The maximum absolute atomic E-state index is 12.8. The number of amides is 1. The third kappa shape index (κ3) is 5.39. The van der Waals surface area contributed by atoms with E-state index in [4.69, 9.17) is 32.7 Å². The fraction of sp³-hybridized carbons (Fsp3) is 0.429. The molecule has 3 aromatic heterocycles. The van der Waals surface area contributed by atoms with Crippen LogP contribution in [-0.2, 0) is 4.74 Å². The molecule has 1 aliphatic heterocycles. The van der Waals surface area contributed by atoms with Crippen molar-refractivity contribution in [2.75, 3.05) is 44.1 Å². The number of H-pyrrole nitrogens is 1. The van der Waals surface area contributed by atoms with Crippen molar-refractivity contribution in [1.29, 1.82) is 0 Å². The number of hydrogen-bond donors (Lipinski definition) is 3. The Hall–Kier alpha value is -2.58. The highest BCUT2D eigenvalue weighted by Crippen LogP contribution is 2.41. The van der Waals surface area contributed by atoms with Gasteiger partial charge in [-0.15, -0.1) is 11.3 Å². The largest absolute Gasteiger partial charge is 0.512 e. The summed E-state index contributed by atoms with van der Waals surface area (Å²) >= 11 is 14.8. The van der Waals surface area contributed by atoms with Gasteiger partial charge in [0.1, 0.15) is 17.1 Å². The van der Waals surface area contributed by atoms with Crippen LogP contribution in [0.5, 0.6) is 5.06 Å². The molecule has 0 unspecified atom stereocenters. The van der Waals surface area contributed by atoms with Gasteiger partial charge in [-0.3, -0.25) is 4.79 Å². The van der Waals surface area contributed by atoms with Crippen LogP contribution in [0, 0.1) is 6.92 Å². The molecule has 3 aromatic rings. The molecule has 3 N–H and O–H groups in total. The van der Waals surface area contributed by atoms with E-state index in [-0.39, 0.29) is 33.8 Å². The summed E-state index contributed by atoms with van der Waals surface area (Å²) in [5, 5.41) is 16.0. The van der Waals surface area contributed by atoms with Gasteiger partial charge < -0.3 is 34.7 Å². The summed E-state index contributed by atoms with van der Waals surface area (Å²) in [4.78, 5) is 40.0. The van der Waals surface area contributed by atoms with Crippen LogP contribution in [0.15, 0.2) is 5.38 Å². The van der Waals surface area contributed by atoms with Crippen molar-refractivity contribution in [3.8, 4) is 16.5 Å². The van der Waals surface area contributed by atoms with E-state index in [2.05, 4.69) is 20.3 Å². The van der Waals surface area contributed by atoms with Gasteiger partial charge in [0.15, 0.2) is 10.3 Å². The topological polar surface area (TPSA) is 133 Å². The van der Waals surface area contributed by atoms with Gasteiger partial charge in [0, 0.05) is 45.4 Å². The molecular weight excluding hydrogens is 551 g/mol. The number of aromatic nitrogens is 3. The van der Waals surface area contributed by atoms with Crippen LogP contribution in [0.1, 0.15) is 22.6 Å². The summed E-state index contributed by atoms with van der Waals surface area (Å²) in [5.74, 6) is -0.371. The average molecular weight is 576 g/mol. The van der Waals surface area contributed by atoms with Gasteiger partial charge in [-0.05, 0) is 13.3 Å². The highest BCUT2D eigenvalue weighted by Gasteiger charge is 2.34. The molecule has 1 fully saturated rings. The molecule has 1 aliphatic rings. The number of nitrogens with zero attached hydrogens (tertiary/aromatic N) is 4. The fourth-order valence-corrected chi connectivity index (χ4v) is 5.90. The molecule has 4 heterocycles. The Morgan fingerprint density at radius 2 is 2.06 bits per heavy atom. The Kier molecular flexibility index (Phi) is 7.95. The van der Waals surface area contributed by atoms with Crippen molar-refractivity contribution < 1.29 is 24.2 Å². The molecule has 11 nitrogen and oxygen atoms in total. The number of piperidine rings is 1. The van der Waals surface area contributed by atoms with E-state index in [1.807, 2.05) is 29.3 Å². The summed E-state index contributed by atoms with van der Waals surface area (Å²) in [6.45, 7) is 2.70. The van der Waals surface area contributed by atoms with Crippen molar-refractivity contribution in [2.45, 2.75) is 25.5 Å². The molecule has 36 heavy (non-hydrogen) atoms. The van der Waals surface area contributed by atoms with Gasteiger partial charge in [0.05, 0.1) is 22.2 Å². The Bertz CT molecular complexity index is 1280. The lowest BCUT2D eigenvalue weighted by atomic mass is 10.0. The average Bonchev–Trinajstić information content (AvgIpc) is 3.54. The van der Waals surface area contributed by atoms with Crippen LogP contribution in [-0.4, -0.2) is 78.6 Å². The van der Waals surface area contributed by atoms with Crippen molar-refractivity contribution in [3.05, 3.63) is 26.8 Å². The van der Waals surface area contributed by atoms with Crippen LogP contribution in [0.3, 0.4) is 0 Å². The zero-order chi connectivity index (χ0) is 26.1. The first-order valence-corrected chi connectivity index (χ1v) is 13.2. The highest BCUT2D eigenvalue weighted by molar-refractivity contribution is 7.18. The SMILES string of the molecule is CO[C@H]1CN(c2nc(-c3csc(N(C)C)n3)c(OC(=O)O)s2)CC[C@H]1NC(=O)c1[nH]c(C)c(Cl)c1Cl. The van der Waals surface area contributed by atoms with Crippen LogP contribution >= 0.6 is 45.9 Å². The number of nitrogens with one attached hydrogen (secondary N) is 2. The Morgan fingerprint density at radius 3 is 2.64 bits per heavy atom. The third-order valence-corrected chi connectivity index (χ3v) is 8.56. The van der Waals surface area contributed by atoms with E-state index in [0.717, 1.165) is 16.5 Å². The van der Waals surface area contributed by atoms with E-state index in [1.165, 1.54) is 11.3 Å². The molecular formula is C21H24Cl2N6O5S2. The minimum absolute atomic E-state index is 0.145. The number of halogens is 2. The van der Waals surface area contributed by atoms with Gasteiger partial charge in [-0.25, -0.2) is 14.8 Å². The molecule has 194 valence electrons. The van der Waals surface area contributed by atoms with Crippen molar-refractivity contribution >= 4 is 68.2 Å². The summed E-state index contributed by atoms with van der Waals surface area (Å²) in [7, 11) is 5.31. The van der Waals surface area contributed by atoms with Gasteiger partial charge in [0.2, 0.25) is 5.06 Å². The molecule has 4 rings (SSSR count). The second-order valence-corrected chi connectivity index (χ2v) is 10.8. The van der Waals surface area contributed by atoms with Crippen molar-refractivity contribution in [3.63, 3.8) is 0 Å². The van der Waals surface area contributed by atoms with E-state index < -0.39 is 6.16 Å². The molecule has 2 atom stereocenters. The van der Waals surface area contributed by atoms with Gasteiger partial charge in [0.25, 0.3) is 5.91 Å². The summed E-state index contributed by atoms with van der Waals surface area (Å²) in [5.41, 5.74) is 1.71. The standard InChI is InChI=1S/C21H24Cl2N6O5S2/c1-9-13(22)14(23)16(24-9)17(30)25-10-5-6-29(7-12(10)33-4)20-27-15(18(36-20)34-21(31)32)11-8-35-19(26-11)28(2)3/h8,10,12,24H,5-7H2,1-4H3,(H,25,30)(H,31,32)/t10-,12+/m1/s1. The normalized spacial score (nSPS) is 17.8. The predicted octanol–water partition coefficient (Wildman–Crippen LogP) is 4.36. The Balaban J connectivity index is 1.52. The van der Waals surface area contributed by atoms with Crippen molar-refractivity contribution in [2.24, 2.45) is 0 Å². The number of thiazole rings is 2. The zero-order valence-corrected chi connectivity index (χ0v) is 22.9. The minimum Gasteiger partial charge on any atom is -0.449 e. The number of carboxylic acid groups (broad SMARTS) is 1. The second kappa shape index (κ2) is 10.8. The molecule has 0 aliphatic carbocycles. The number of methoxy groups -OCH3 is 1. The summed E-state index contributed by atoms with van der Waals surface area (Å²) in [6, 6.07) is -0.285. The number of anilines is 2. The number of hydrogen-bond acceptors (Lipinski definition) is 10. The number of carbonyl (C=O) groups is 2. The minimum atomic E-state index is -1.43. The van der Waals surface area contributed by atoms with E-state index in [9.17, 15) is 14.7 Å². The third-order valence-electron chi connectivity index (χ3n) is 5.61. The summed E-state index contributed by atoms with van der Waals surface area (Å²) < 4.78 is 10.7. The zero-order valence-electron chi connectivity index (χ0n) is 19.8. The highest BCUT2D eigenvalue weighted by atomic mass is 35.5. The van der Waals surface area contributed by atoms with Gasteiger partial charge in [-0.1, -0.05) is 34.5 Å². The Labute approximate surface area is 225 Å². The molecule has 0 spiro atoms. The number of aromatic amines is 1. The van der Waals surface area contributed by atoms with Gasteiger partial charge in [-0.2, -0.15) is 0 Å². The maximum atomic E-state index is 12.8. The van der Waals surface area contributed by atoms with Gasteiger partial charge >= 0.3 is 6.16 Å². The lowest BCUT2D eigenvalue weighted by molar-refractivity contribution is 0.0540. The lowest BCUT2D eigenvalue weighted by Crippen LogP contribution is -2.55. The van der Waals surface area contributed by atoms with E-state index >= 15 is 0 Å². The first-order valence-electron chi connectivity index (χ1n) is 10.8. The smallest absolute Gasteiger partial charge is 0.449 e. The second-order valence-electron chi connectivity index (χ2n) is 8.25. The number of rotatable bonds is 7. The molecule has 0 saturated carbocycles. The van der Waals surface area contributed by atoms with E-state index in [1.54, 1.807) is 14.0 Å². The number of ether oxygens (including phenoxy) is 2. The molecule has 15 heteroatoms. The van der Waals surface area contributed by atoms with E-state index in [0.29, 0.717) is 46.7 Å². The molecule has 1 saturated heterocycles. The monoisotopic (exact) mass is 574 g/mol. The van der Waals surface area contributed by atoms with Crippen molar-refractivity contribution in [1.82, 2.24) is 20.3 Å². The molecule has 0 bridgehead atoms. The quantitative estimate of drug-likeness (QED) is 0.352. The first kappa shape index (κ1) is 26.5. The number of carbonyl (C=O) groups excluding carboxylic acids is 1. The van der Waals surface area contributed by atoms with Crippen LogP contribution in [0.2, 0.25) is 10.0 Å². The van der Waals surface area contributed by atoms with Crippen LogP contribution < -0.4 is 19.9 Å². The summed E-state index contributed by atoms with van der Waals surface area (Å²) in [6.07, 6.45) is -1.23. The number of aryl methyl sites for hydroxylation is 1. The lowest BCUT2D eigenvalue weighted by Gasteiger charge is -2.37. The molecule has 0 aromatic carbocycles. The van der Waals surface area contributed by atoms with Crippen LogP contribution in [0.25, 0.3) is 11.4 Å². The van der Waals surface area contributed by atoms with Crippen LogP contribution in [0.4, 0.5) is 15.1 Å². The first-order chi connectivity index (χ1) is 17.1. The fourth-order valence-electron chi connectivity index (χ4n) is 3.78. The maximum Gasteiger partial charge on any atom is 0.512 e. The predicted molar refractivity (Wildman–Crippen MR) is 141 cm³/mol. The molecule has 0 radical (unpaired) electrons. The Morgan fingerprint density at radius 1 is 1.31 bits per heavy atom.